The van der Waals surface area contributed by atoms with Crippen LogP contribution in [0.15, 0.2) is 12.3 Å². The van der Waals surface area contributed by atoms with Crippen LogP contribution in [0.4, 0.5) is 0 Å². The summed E-state index contributed by atoms with van der Waals surface area (Å²) in [7, 11) is 0. The van der Waals surface area contributed by atoms with Gasteiger partial charge in [0.2, 0.25) is 0 Å². The van der Waals surface area contributed by atoms with Crippen molar-refractivity contribution in [3.8, 4) is 0 Å². The Morgan fingerprint density at radius 3 is 2.71 bits per heavy atom. The lowest BCUT2D eigenvalue weighted by molar-refractivity contribution is 0.491. The van der Waals surface area contributed by atoms with Crippen LogP contribution in [0.2, 0.25) is 0 Å². The van der Waals surface area contributed by atoms with Crippen LogP contribution in [0.25, 0.3) is 0 Å². The summed E-state index contributed by atoms with van der Waals surface area (Å²) in [6, 6.07) is 2.55. The Balaban J connectivity index is 2.11. The lowest BCUT2D eigenvalue weighted by Crippen LogP contribution is -2.18. The first-order valence-electron chi connectivity index (χ1n) is 6.98. The van der Waals surface area contributed by atoms with E-state index in [1.807, 2.05) is 6.20 Å². The van der Waals surface area contributed by atoms with Gasteiger partial charge in [-0.05, 0) is 32.9 Å². The maximum atomic E-state index is 4.33. The molecular formula is C14H27N3. The number of nitrogens with one attached hydrogen (secondary N) is 1. The average molecular weight is 237 g/mol. The topological polar surface area (TPSA) is 29.9 Å². The fourth-order valence-corrected chi connectivity index (χ4v) is 2.02. The Labute approximate surface area is 106 Å². The number of nitrogens with zero attached hydrogens (tertiary/aromatic N) is 2. The predicted molar refractivity (Wildman–Crippen MR) is 73.1 cm³/mol. The van der Waals surface area contributed by atoms with Crippen molar-refractivity contribution >= 4 is 0 Å². The van der Waals surface area contributed by atoms with Gasteiger partial charge in [0.25, 0.3) is 0 Å². The Bertz CT molecular complexity index is 291. The third kappa shape index (κ3) is 5.35. The molecule has 0 aliphatic carbocycles. The molecular weight excluding hydrogens is 210 g/mol. The Morgan fingerprint density at radius 2 is 2.00 bits per heavy atom. The largest absolute Gasteiger partial charge is 0.311 e. The molecule has 1 heterocycles. The standard InChI is InChI=1S/C14H27N3/c1-4-5-6-7-8-10-15-12-14-9-11-16-17(14)13(2)3/h9,11,13,15H,4-8,10,12H2,1-3H3. The molecule has 1 aromatic rings. The van der Waals surface area contributed by atoms with E-state index in [-0.39, 0.29) is 0 Å². The molecule has 0 aliphatic heterocycles. The molecule has 0 fully saturated rings. The highest BCUT2D eigenvalue weighted by Crippen LogP contribution is 2.07. The molecule has 0 spiro atoms. The molecule has 0 saturated carbocycles. The highest BCUT2D eigenvalue weighted by molar-refractivity contribution is 5.00. The van der Waals surface area contributed by atoms with Gasteiger partial charge in [0, 0.05) is 18.8 Å². The fourth-order valence-electron chi connectivity index (χ4n) is 2.02. The molecule has 1 rings (SSSR count). The van der Waals surface area contributed by atoms with Gasteiger partial charge in [-0.3, -0.25) is 4.68 Å². The number of hydrogen-bond acceptors (Lipinski definition) is 2. The van der Waals surface area contributed by atoms with Crippen molar-refractivity contribution < 1.29 is 0 Å². The summed E-state index contributed by atoms with van der Waals surface area (Å²) >= 11 is 0. The van der Waals surface area contributed by atoms with Crippen LogP contribution in [0.3, 0.4) is 0 Å². The molecule has 0 aromatic carbocycles. The SMILES string of the molecule is CCCCCCCNCc1ccnn1C(C)C. The normalized spacial score (nSPS) is 11.3. The van der Waals surface area contributed by atoms with Gasteiger partial charge in [-0.25, -0.2) is 0 Å². The van der Waals surface area contributed by atoms with Crippen LogP contribution in [0, 0.1) is 0 Å². The van der Waals surface area contributed by atoms with E-state index in [4.69, 9.17) is 0 Å². The summed E-state index contributed by atoms with van der Waals surface area (Å²) in [5, 5.41) is 7.83. The molecule has 0 bridgehead atoms. The second kappa shape index (κ2) is 8.29. The lowest BCUT2D eigenvalue weighted by Gasteiger charge is -2.11. The van der Waals surface area contributed by atoms with E-state index >= 15 is 0 Å². The van der Waals surface area contributed by atoms with Crippen molar-refractivity contribution in [2.45, 2.75) is 65.5 Å². The minimum absolute atomic E-state index is 0.450. The van der Waals surface area contributed by atoms with E-state index in [9.17, 15) is 0 Å². The quantitative estimate of drug-likeness (QED) is 0.666. The van der Waals surface area contributed by atoms with Crippen molar-refractivity contribution in [2.24, 2.45) is 0 Å². The second-order valence-corrected chi connectivity index (χ2v) is 4.95. The zero-order valence-electron chi connectivity index (χ0n) is 11.6. The third-order valence-corrected chi connectivity index (χ3v) is 3.00. The average Bonchev–Trinajstić information content (AvgIpc) is 2.76. The van der Waals surface area contributed by atoms with Gasteiger partial charge in [-0.2, -0.15) is 5.10 Å². The minimum atomic E-state index is 0.450. The smallest absolute Gasteiger partial charge is 0.0525 e. The zero-order chi connectivity index (χ0) is 12.5. The molecule has 1 N–H and O–H groups in total. The van der Waals surface area contributed by atoms with Crippen molar-refractivity contribution in [2.75, 3.05) is 6.54 Å². The fraction of sp³-hybridized carbons (Fsp3) is 0.786. The molecule has 0 unspecified atom stereocenters. The van der Waals surface area contributed by atoms with Crippen LogP contribution < -0.4 is 5.32 Å². The monoisotopic (exact) mass is 237 g/mol. The van der Waals surface area contributed by atoms with Gasteiger partial charge in [-0.15, -0.1) is 0 Å². The van der Waals surface area contributed by atoms with Gasteiger partial charge in [0.05, 0.1) is 5.69 Å². The molecule has 98 valence electrons. The Hall–Kier alpha value is -0.830. The van der Waals surface area contributed by atoms with Crippen molar-refractivity contribution in [3.63, 3.8) is 0 Å². The van der Waals surface area contributed by atoms with Crippen LogP contribution in [-0.2, 0) is 6.54 Å². The first kappa shape index (κ1) is 14.2. The molecule has 0 radical (unpaired) electrons. The van der Waals surface area contributed by atoms with Crippen LogP contribution in [-0.4, -0.2) is 16.3 Å². The summed E-state index contributed by atoms with van der Waals surface area (Å²) < 4.78 is 2.09. The Kier molecular flexibility index (Phi) is 6.94. The van der Waals surface area contributed by atoms with Gasteiger partial charge in [0.1, 0.15) is 0 Å². The molecule has 17 heavy (non-hydrogen) atoms. The van der Waals surface area contributed by atoms with Gasteiger partial charge in [-0.1, -0.05) is 32.6 Å². The first-order valence-corrected chi connectivity index (χ1v) is 6.98. The van der Waals surface area contributed by atoms with Crippen molar-refractivity contribution in [1.82, 2.24) is 15.1 Å². The minimum Gasteiger partial charge on any atom is -0.311 e. The number of unbranched alkanes of at least 4 members (excludes halogenated alkanes) is 4. The molecule has 0 amide bonds. The molecule has 0 atom stereocenters. The van der Waals surface area contributed by atoms with Crippen LogP contribution in [0.5, 0.6) is 0 Å². The van der Waals surface area contributed by atoms with E-state index in [0.29, 0.717) is 6.04 Å². The molecule has 0 aliphatic rings. The maximum absolute atomic E-state index is 4.33. The molecule has 3 heteroatoms. The van der Waals surface area contributed by atoms with E-state index in [1.54, 1.807) is 0 Å². The van der Waals surface area contributed by atoms with E-state index in [0.717, 1.165) is 13.1 Å². The molecule has 3 nitrogen and oxygen atoms in total. The van der Waals surface area contributed by atoms with Gasteiger partial charge in [0.15, 0.2) is 0 Å². The highest BCUT2D eigenvalue weighted by atomic mass is 15.3. The Morgan fingerprint density at radius 1 is 1.24 bits per heavy atom. The van der Waals surface area contributed by atoms with E-state index in [1.165, 1.54) is 37.8 Å². The lowest BCUT2D eigenvalue weighted by atomic mass is 10.1. The predicted octanol–water partition coefficient (Wildman–Crippen LogP) is 3.52. The summed E-state index contributed by atoms with van der Waals surface area (Å²) in [5.41, 5.74) is 1.29. The molecule has 0 saturated heterocycles. The van der Waals surface area contributed by atoms with E-state index < -0.39 is 0 Å². The van der Waals surface area contributed by atoms with Crippen LogP contribution in [0.1, 0.15) is 64.6 Å². The first-order chi connectivity index (χ1) is 8.25. The highest BCUT2D eigenvalue weighted by Gasteiger charge is 2.04. The van der Waals surface area contributed by atoms with Gasteiger partial charge >= 0.3 is 0 Å². The van der Waals surface area contributed by atoms with Crippen molar-refractivity contribution in [1.29, 1.82) is 0 Å². The number of rotatable bonds is 9. The molecule has 1 aromatic heterocycles. The zero-order valence-corrected chi connectivity index (χ0v) is 11.6. The summed E-state index contributed by atoms with van der Waals surface area (Å²) in [6.45, 7) is 8.65. The third-order valence-electron chi connectivity index (χ3n) is 3.00. The number of aromatic nitrogens is 2. The van der Waals surface area contributed by atoms with Crippen molar-refractivity contribution in [3.05, 3.63) is 18.0 Å². The summed E-state index contributed by atoms with van der Waals surface area (Å²) in [6.07, 6.45) is 8.60. The van der Waals surface area contributed by atoms with Crippen LogP contribution >= 0.6 is 0 Å². The maximum Gasteiger partial charge on any atom is 0.0525 e. The summed E-state index contributed by atoms with van der Waals surface area (Å²) in [4.78, 5) is 0. The summed E-state index contributed by atoms with van der Waals surface area (Å²) in [5.74, 6) is 0. The van der Waals surface area contributed by atoms with E-state index in [2.05, 4.69) is 41.9 Å². The second-order valence-electron chi connectivity index (χ2n) is 4.95. The van der Waals surface area contributed by atoms with Gasteiger partial charge < -0.3 is 5.32 Å². The number of hydrogen-bond donors (Lipinski definition) is 1.